The summed E-state index contributed by atoms with van der Waals surface area (Å²) < 4.78 is 7.14. The van der Waals surface area contributed by atoms with Gasteiger partial charge in [0.05, 0.1) is 10.8 Å². The van der Waals surface area contributed by atoms with Crippen molar-refractivity contribution < 1.29 is 4.74 Å². The Morgan fingerprint density at radius 2 is 0.818 bits per heavy atom. The fraction of sp³-hybridized carbons (Fsp3) is 0.0370. The lowest BCUT2D eigenvalue weighted by Gasteiger charge is -2.40. The Balaban J connectivity index is 1.11. The molecule has 1 atom stereocenters. The third-order valence-electron chi connectivity index (χ3n) is 13.2. The predicted molar refractivity (Wildman–Crippen MR) is 223 cm³/mol. The van der Waals surface area contributed by atoms with Gasteiger partial charge in [-0.3, -0.25) is 0 Å². The minimum Gasteiger partial charge on any atom is -0.456 e. The van der Waals surface area contributed by atoms with Gasteiger partial charge in [-0.15, -0.1) is 0 Å². The van der Waals surface area contributed by atoms with E-state index in [9.17, 15) is 0 Å². The molecule has 1 nitrogen and oxygen atoms in total. The van der Waals surface area contributed by atoms with Crippen molar-refractivity contribution >= 4 is 10.8 Å². The first kappa shape index (κ1) is 29.5. The zero-order valence-electron chi connectivity index (χ0n) is 29.9. The normalized spacial score (nSPS) is 16.7. The average Bonchev–Trinajstić information content (AvgIpc) is 3.84. The van der Waals surface area contributed by atoms with Crippen LogP contribution in [0.1, 0.15) is 44.5 Å². The zero-order valence-corrected chi connectivity index (χ0v) is 29.9. The van der Waals surface area contributed by atoms with Crippen molar-refractivity contribution in [2.24, 2.45) is 0 Å². The second-order valence-corrected chi connectivity index (χ2v) is 15.4. The summed E-state index contributed by atoms with van der Waals surface area (Å²) in [7, 11) is 0. The first-order valence-corrected chi connectivity index (χ1v) is 19.3. The largest absolute Gasteiger partial charge is 0.456 e. The van der Waals surface area contributed by atoms with E-state index < -0.39 is 10.8 Å². The molecule has 1 heterocycles. The number of hydrogen-bond donors (Lipinski definition) is 0. The van der Waals surface area contributed by atoms with Crippen molar-refractivity contribution in [1.82, 2.24) is 0 Å². The number of fused-ring (bicyclic) bond motifs is 21. The molecular weight excluding hydrogens is 665 g/mol. The molecule has 2 spiro atoms. The van der Waals surface area contributed by atoms with Crippen molar-refractivity contribution in [3.63, 3.8) is 0 Å². The van der Waals surface area contributed by atoms with Gasteiger partial charge in [0.2, 0.25) is 0 Å². The molecular formula is C54H32O. The van der Waals surface area contributed by atoms with Gasteiger partial charge in [-0.05, 0) is 95.2 Å². The SMILES string of the molecule is c1ccc2c(c1)Oc1c(-c3ccc4c(c3)C3(c5ccccc5-4)c4ccccc4-c4c3ccc3ccccc43)cccc1C21c2ccccc2-c2ccccc21. The van der Waals surface area contributed by atoms with Crippen molar-refractivity contribution in [3.05, 3.63) is 239 Å². The van der Waals surface area contributed by atoms with Crippen LogP contribution in [0.3, 0.4) is 0 Å². The quantitative estimate of drug-likeness (QED) is 0.166. The minimum absolute atomic E-state index is 0.454. The number of ether oxygens (including phenoxy) is 1. The van der Waals surface area contributed by atoms with Crippen LogP contribution in [-0.4, -0.2) is 0 Å². The predicted octanol–water partition coefficient (Wildman–Crippen LogP) is 13.3. The molecule has 4 aliphatic rings. The lowest BCUT2D eigenvalue weighted by molar-refractivity contribution is 0.438. The molecule has 0 aromatic heterocycles. The fourth-order valence-electron chi connectivity index (χ4n) is 11.2. The Morgan fingerprint density at radius 3 is 1.53 bits per heavy atom. The maximum Gasteiger partial charge on any atom is 0.140 e. The van der Waals surface area contributed by atoms with Crippen LogP contribution in [0.2, 0.25) is 0 Å². The molecule has 13 rings (SSSR count). The Labute approximate surface area is 319 Å². The van der Waals surface area contributed by atoms with Gasteiger partial charge in [-0.1, -0.05) is 182 Å². The first-order chi connectivity index (χ1) is 27.3. The smallest absolute Gasteiger partial charge is 0.140 e. The topological polar surface area (TPSA) is 9.23 Å². The molecule has 0 N–H and O–H groups in total. The molecule has 0 saturated heterocycles. The van der Waals surface area contributed by atoms with E-state index in [1.165, 1.54) is 88.7 Å². The van der Waals surface area contributed by atoms with Crippen molar-refractivity contribution in [2.75, 3.05) is 0 Å². The van der Waals surface area contributed by atoms with Gasteiger partial charge in [0.15, 0.2) is 0 Å². The van der Waals surface area contributed by atoms with Crippen LogP contribution >= 0.6 is 0 Å². The summed E-state index contributed by atoms with van der Waals surface area (Å²) in [5, 5.41) is 2.57. The summed E-state index contributed by atoms with van der Waals surface area (Å²) in [6, 6.07) is 72.3. The van der Waals surface area contributed by atoms with E-state index in [-0.39, 0.29) is 0 Å². The second kappa shape index (κ2) is 10.4. The van der Waals surface area contributed by atoms with Gasteiger partial charge in [0.1, 0.15) is 11.5 Å². The maximum absolute atomic E-state index is 7.14. The van der Waals surface area contributed by atoms with Crippen LogP contribution in [0.25, 0.3) is 55.3 Å². The highest BCUT2D eigenvalue weighted by Crippen LogP contribution is 2.66. The molecule has 0 bridgehead atoms. The van der Waals surface area contributed by atoms with E-state index >= 15 is 0 Å². The van der Waals surface area contributed by atoms with Gasteiger partial charge in [0, 0.05) is 16.7 Å². The summed E-state index contributed by atoms with van der Waals surface area (Å²) >= 11 is 0. The molecule has 9 aromatic rings. The van der Waals surface area contributed by atoms with Crippen molar-refractivity contribution in [2.45, 2.75) is 10.8 Å². The molecule has 3 aliphatic carbocycles. The molecule has 9 aromatic carbocycles. The Hall–Kier alpha value is -6.96. The van der Waals surface area contributed by atoms with E-state index in [2.05, 4.69) is 194 Å². The van der Waals surface area contributed by atoms with Crippen LogP contribution in [0.5, 0.6) is 11.5 Å². The van der Waals surface area contributed by atoms with Crippen LogP contribution < -0.4 is 4.74 Å². The molecule has 254 valence electrons. The van der Waals surface area contributed by atoms with E-state index in [0.29, 0.717) is 0 Å². The van der Waals surface area contributed by atoms with E-state index in [1.54, 1.807) is 0 Å². The lowest BCUT2D eigenvalue weighted by Crippen LogP contribution is -2.32. The molecule has 1 unspecified atom stereocenters. The summed E-state index contributed by atoms with van der Waals surface area (Å²) in [6.07, 6.45) is 0. The second-order valence-electron chi connectivity index (χ2n) is 15.4. The summed E-state index contributed by atoms with van der Waals surface area (Å²) in [5.74, 6) is 1.83. The first-order valence-electron chi connectivity index (χ1n) is 19.3. The zero-order chi connectivity index (χ0) is 35.9. The number of rotatable bonds is 1. The standard InChI is InChI=1S/C54H32O/c1-2-15-35-33(14-1)29-31-47-51(35)41-19-6-10-24-45(41)54(47)44-23-9-5-18-39(44)40-30-28-34(32-49(40)54)36-20-13-26-48-52(36)55-50-27-12-11-25-46(50)53(48)42-21-7-3-16-37(42)38-17-4-8-22-43(38)53/h1-32H. The highest BCUT2D eigenvalue weighted by atomic mass is 16.5. The van der Waals surface area contributed by atoms with Crippen LogP contribution in [0.15, 0.2) is 194 Å². The van der Waals surface area contributed by atoms with Gasteiger partial charge in [-0.2, -0.15) is 0 Å². The number of benzene rings is 9. The monoisotopic (exact) mass is 696 g/mol. The summed E-state index contributed by atoms with van der Waals surface area (Å²) in [4.78, 5) is 0. The highest BCUT2D eigenvalue weighted by Gasteiger charge is 2.53. The third kappa shape index (κ3) is 3.42. The van der Waals surface area contributed by atoms with Gasteiger partial charge in [0.25, 0.3) is 0 Å². The van der Waals surface area contributed by atoms with E-state index in [0.717, 1.165) is 22.6 Å². The summed E-state index contributed by atoms with van der Waals surface area (Å²) in [5.41, 5.74) is 19.5. The molecule has 0 saturated carbocycles. The maximum atomic E-state index is 7.14. The molecule has 1 aliphatic heterocycles. The minimum atomic E-state index is -0.508. The molecule has 0 amide bonds. The van der Waals surface area contributed by atoms with E-state index in [1.807, 2.05) is 0 Å². The van der Waals surface area contributed by atoms with Crippen LogP contribution in [0, 0.1) is 0 Å². The van der Waals surface area contributed by atoms with Gasteiger partial charge in [-0.25, -0.2) is 0 Å². The fourth-order valence-corrected chi connectivity index (χ4v) is 11.2. The molecule has 1 heteroatoms. The Bertz CT molecular complexity index is 3100. The Morgan fingerprint density at radius 1 is 0.309 bits per heavy atom. The Kier molecular flexibility index (Phi) is 5.56. The van der Waals surface area contributed by atoms with Gasteiger partial charge >= 0.3 is 0 Å². The van der Waals surface area contributed by atoms with Crippen LogP contribution in [-0.2, 0) is 10.8 Å². The lowest BCUT2D eigenvalue weighted by atomic mass is 9.65. The average molecular weight is 697 g/mol. The molecule has 0 radical (unpaired) electrons. The third-order valence-corrected chi connectivity index (χ3v) is 13.2. The van der Waals surface area contributed by atoms with Crippen LogP contribution in [0.4, 0.5) is 0 Å². The summed E-state index contributed by atoms with van der Waals surface area (Å²) in [6.45, 7) is 0. The highest BCUT2D eigenvalue weighted by molar-refractivity contribution is 6.06. The molecule has 55 heavy (non-hydrogen) atoms. The van der Waals surface area contributed by atoms with Crippen molar-refractivity contribution in [1.29, 1.82) is 0 Å². The number of hydrogen-bond acceptors (Lipinski definition) is 1. The van der Waals surface area contributed by atoms with Crippen molar-refractivity contribution in [3.8, 4) is 56.0 Å². The molecule has 0 fully saturated rings. The van der Waals surface area contributed by atoms with E-state index in [4.69, 9.17) is 4.74 Å². The number of para-hydroxylation sites is 2. The van der Waals surface area contributed by atoms with Gasteiger partial charge < -0.3 is 4.74 Å².